The van der Waals surface area contributed by atoms with Crippen LogP contribution in [0.1, 0.15) is 27.2 Å². The van der Waals surface area contributed by atoms with Crippen molar-refractivity contribution in [3.63, 3.8) is 0 Å². The standard InChI is InChI=1S/C12H24N2O3/c1-6-17-9-7-12(16,11(9,2)3)8-13-10(15)14(4)5/h9,16H,6-8H2,1-5H3,(H,13,15)/t9-,12+/m0/s1. The second-order valence-corrected chi connectivity index (χ2v) is 5.45. The van der Waals surface area contributed by atoms with Gasteiger partial charge in [-0.1, -0.05) is 13.8 Å². The second kappa shape index (κ2) is 4.82. The summed E-state index contributed by atoms with van der Waals surface area (Å²) in [5.74, 6) is 0. The first-order valence-corrected chi connectivity index (χ1v) is 6.03. The Balaban J connectivity index is 2.52. The van der Waals surface area contributed by atoms with E-state index in [0.717, 1.165) is 0 Å². The molecular formula is C12H24N2O3. The molecule has 5 nitrogen and oxygen atoms in total. The quantitative estimate of drug-likeness (QED) is 0.770. The Labute approximate surface area is 103 Å². The fraction of sp³-hybridized carbons (Fsp3) is 0.917. The molecule has 1 aliphatic carbocycles. The molecule has 0 saturated heterocycles. The Morgan fingerprint density at radius 3 is 2.53 bits per heavy atom. The summed E-state index contributed by atoms with van der Waals surface area (Å²) in [4.78, 5) is 12.9. The minimum atomic E-state index is -0.876. The summed E-state index contributed by atoms with van der Waals surface area (Å²) in [6.45, 7) is 6.80. The third-order valence-corrected chi connectivity index (χ3v) is 3.83. The molecule has 5 heteroatoms. The number of nitrogens with zero attached hydrogens (tertiary/aromatic N) is 1. The molecular weight excluding hydrogens is 220 g/mol. The third kappa shape index (κ3) is 2.55. The highest BCUT2D eigenvalue weighted by molar-refractivity contribution is 5.73. The Morgan fingerprint density at radius 1 is 1.53 bits per heavy atom. The Morgan fingerprint density at radius 2 is 2.12 bits per heavy atom. The summed E-state index contributed by atoms with van der Waals surface area (Å²) in [5, 5.41) is 13.2. The highest BCUT2D eigenvalue weighted by Gasteiger charge is 2.59. The molecule has 0 aliphatic heterocycles. The van der Waals surface area contributed by atoms with E-state index >= 15 is 0 Å². The minimum absolute atomic E-state index is 0.0637. The number of carbonyl (C=O) groups is 1. The number of carbonyl (C=O) groups excluding carboxylic acids is 1. The lowest BCUT2D eigenvalue weighted by Crippen LogP contribution is -2.69. The van der Waals surface area contributed by atoms with Crippen molar-refractivity contribution in [2.24, 2.45) is 5.41 Å². The number of rotatable bonds is 4. The van der Waals surface area contributed by atoms with Crippen molar-refractivity contribution in [1.82, 2.24) is 10.2 Å². The summed E-state index contributed by atoms with van der Waals surface area (Å²) in [5.41, 5.74) is -1.21. The molecule has 1 fully saturated rings. The van der Waals surface area contributed by atoms with Crippen LogP contribution in [0.25, 0.3) is 0 Å². The van der Waals surface area contributed by atoms with Gasteiger partial charge in [0, 0.05) is 39.1 Å². The van der Waals surface area contributed by atoms with Gasteiger partial charge in [0.05, 0.1) is 11.7 Å². The SMILES string of the molecule is CCO[C@H]1C[C@@](O)(CNC(=O)N(C)C)C1(C)C. The van der Waals surface area contributed by atoms with Gasteiger partial charge < -0.3 is 20.1 Å². The van der Waals surface area contributed by atoms with E-state index in [2.05, 4.69) is 5.32 Å². The topological polar surface area (TPSA) is 61.8 Å². The van der Waals surface area contributed by atoms with E-state index in [9.17, 15) is 9.90 Å². The van der Waals surface area contributed by atoms with Gasteiger partial charge in [0.25, 0.3) is 0 Å². The maximum Gasteiger partial charge on any atom is 0.316 e. The third-order valence-electron chi connectivity index (χ3n) is 3.83. The highest BCUT2D eigenvalue weighted by Crippen LogP contribution is 2.50. The lowest BCUT2D eigenvalue weighted by molar-refractivity contribution is -0.237. The molecule has 1 aliphatic rings. The number of amides is 2. The number of hydrogen-bond donors (Lipinski definition) is 2. The average molecular weight is 244 g/mol. The predicted octanol–water partition coefficient (Wildman–Crippen LogP) is 0.824. The highest BCUT2D eigenvalue weighted by atomic mass is 16.5. The predicted molar refractivity (Wildman–Crippen MR) is 65.8 cm³/mol. The summed E-state index contributed by atoms with van der Waals surface area (Å²) < 4.78 is 5.56. The number of hydrogen-bond acceptors (Lipinski definition) is 3. The van der Waals surface area contributed by atoms with Gasteiger partial charge in [-0.3, -0.25) is 0 Å². The molecule has 1 rings (SSSR count). The van der Waals surface area contributed by atoms with Gasteiger partial charge in [-0.2, -0.15) is 0 Å². The molecule has 2 atom stereocenters. The Kier molecular flexibility index (Phi) is 4.04. The Bertz CT molecular complexity index is 291. The fourth-order valence-corrected chi connectivity index (χ4v) is 2.14. The van der Waals surface area contributed by atoms with Crippen molar-refractivity contribution in [1.29, 1.82) is 0 Å². The number of aliphatic hydroxyl groups is 1. The molecule has 100 valence electrons. The molecule has 0 aromatic rings. The first-order chi connectivity index (χ1) is 7.74. The smallest absolute Gasteiger partial charge is 0.316 e. The van der Waals surface area contributed by atoms with Crippen LogP contribution in [-0.4, -0.2) is 55.0 Å². The first-order valence-electron chi connectivity index (χ1n) is 6.03. The second-order valence-electron chi connectivity index (χ2n) is 5.45. The van der Waals surface area contributed by atoms with Crippen molar-refractivity contribution in [3.05, 3.63) is 0 Å². The zero-order chi connectivity index (χ0) is 13.3. The van der Waals surface area contributed by atoms with Crippen molar-refractivity contribution < 1.29 is 14.6 Å². The fourth-order valence-electron chi connectivity index (χ4n) is 2.14. The van der Waals surface area contributed by atoms with Gasteiger partial charge in [-0.05, 0) is 6.92 Å². The van der Waals surface area contributed by atoms with Crippen LogP contribution in [0.5, 0.6) is 0 Å². The van der Waals surface area contributed by atoms with Crippen LogP contribution in [0.15, 0.2) is 0 Å². The molecule has 2 amide bonds. The van der Waals surface area contributed by atoms with Gasteiger partial charge in [-0.15, -0.1) is 0 Å². The van der Waals surface area contributed by atoms with E-state index < -0.39 is 5.60 Å². The van der Waals surface area contributed by atoms with Crippen molar-refractivity contribution >= 4 is 6.03 Å². The van der Waals surface area contributed by atoms with Crippen LogP contribution in [0.3, 0.4) is 0 Å². The van der Waals surface area contributed by atoms with Gasteiger partial charge in [-0.25, -0.2) is 4.79 Å². The number of urea groups is 1. The average Bonchev–Trinajstić information content (AvgIpc) is 2.25. The molecule has 0 aromatic carbocycles. The molecule has 2 N–H and O–H groups in total. The zero-order valence-electron chi connectivity index (χ0n) is 11.4. The summed E-state index contributed by atoms with van der Waals surface area (Å²) >= 11 is 0. The van der Waals surface area contributed by atoms with Crippen molar-refractivity contribution in [2.75, 3.05) is 27.2 Å². The molecule has 0 heterocycles. The van der Waals surface area contributed by atoms with Gasteiger partial charge in [0.2, 0.25) is 0 Å². The van der Waals surface area contributed by atoms with Crippen molar-refractivity contribution in [2.45, 2.75) is 38.9 Å². The lowest BCUT2D eigenvalue weighted by Gasteiger charge is -2.57. The number of ether oxygens (including phenoxy) is 1. The summed E-state index contributed by atoms with van der Waals surface area (Å²) in [7, 11) is 3.35. The normalized spacial score (nSPS) is 30.6. The molecule has 1 saturated carbocycles. The van der Waals surface area contributed by atoms with Crippen molar-refractivity contribution in [3.8, 4) is 0 Å². The van der Waals surface area contributed by atoms with Crippen LogP contribution in [-0.2, 0) is 4.74 Å². The first kappa shape index (κ1) is 14.3. The van der Waals surface area contributed by atoms with E-state index in [4.69, 9.17) is 4.74 Å². The van der Waals surface area contributed by atoms with E-state index in [1.165, 1.54) is 4.90 Å². The van der Waals surface area contributed by atoms with Gasteiger partial charge >= 0.3 is 6.03 Å². The zero-order valence-corrected chi connectivity index (χ0v) is 11.4. The molecule has 0 bridgehead atoms. The molecule has 0 radical (unpaired) electrons. The minimum Gasteiger partial charge on any atom is -0.387 e. The van der Waals surface area contributed by atoms with E-state index in [1.807, 2.05) is 20.8 Å². The van der Waals surface area contributed by atoms with Gasteiger partial charge in [0.1, 0.15) is 0 Å². The van der Waals surface area contributed by atoms with Crippen LogP contribution in [0.4, 0.5) is 4.79 Å². The molecule has 0 aromatic heterocycles. The van der Waals surface area contributed by atoms with E-state index in [1.54, 1.807) is 14.1 Å². The van der Waals surface area contributed by atoms with Crippen LogP contribution in [0, 0.1) is 5.41 Å². The monoisotopic (exact) mass is 244 g/mol. The van der Waals surface area contributed by atoms with E-state index in [0.29, 0.717) is 13.0 Å². The number of nitrogens with one attached hydrogen (secondary N) is 1. The van der Waals surface area contributed by atoms with Crippen LogP contribution >= 0.6 is 0 Å². The largest absolute Gasteiger partial charge is 0.387 e. The summed E-state index contributed by atoms with van der Waals surface area (Å²) in [6.07, 6.45) is 0.635. The van der Waals surface area contributed by atoms with Gasteiger partial charge in [0.15, 0.2) is 0 Å². The van der Waals surface area contributed by atoms with E-state index in [-0.39, 0.29) is 24.1 Å². The van der Waals surface area contributed by atoms with Crippen LogP contribution in [0.2, 0.25) is 0 Å². The molecule has 17 heavy (non-hydrogen) atoms. The molecule has 0 spiro atoms. The lowest BCUT2D eigenvalue weighted by atomic mass is 9.56. The maximum absolute atomic E-state index is 11.4. The van der Waals surface area contributed by atoms with Crippen LogP contribution < -0.4 is 5.32 Å². The Hall–Kier alpha value is -0.810. The molecule has 0 unspecified atom stereocenters. The summed E-state index contributed by atoms with van der Waals surface area (Å²) in [6, 6.07) is -0.186. The maximum atomic E-state index is 11.4.